The molecule has 0 amide bonds. The molecule has 1 nitrogen and oxygen atoms in total. The molecule has 4 rings (SSSR count). The van der Waals surface area contributed by atoms with Gasteiger partial charge in [-0.25, -0.2) is 0 Å². The lowest BCUT2D eigenvalue weighted by Crippen LogP contribution is -2.10. The molecule has 3 aliphatic rings. The third-order valence-electron chi connectivity index (χ3n) is 4.61. The maximum absolute atomic E-state index is 3.65. The van der Waals surface area contributed by atoms with Crippen LogP contribution in [0.4, 0.5) is 5.69 Å². The number of hydrogen-bond acceptors (Lipinski definition) is 1. The summed E-state index contributed by atoms with van der Waals surface area (Å²) < 4.78 is 0. The maximum Gasteiger partial charge on any atom is 0.0466 e. The number of benzene rings is 1. The van der Waals surface area contributed by atoms with Gasteiger partial charge in [0, 0.05) is 16.9 Å². The molecule has 0 heterocycles. The van der Waals surface area contributed by atoms with Crippen LogP contribution < -0.4 is 5.32 Å². The number of hydrogen-bond donors (Lipinski definition) is 1. The normalized spacial score (nSPS) is 19.0. The Morgan fingerprint density at radius 1 is 0.762 bits per heavy atom. The van der Waals surface area contributed by atoms with Gasteiger partial charge in [0.2, 0.25) is 0 Å². The van der Waals surface area contributed by atoms with Crippen LogP contribution in [0.1, 0.15) is 47.9 Å². The van der Waals surface area contributed by atoms with Gasteiger partial charge in [-0.2, -0.15) is 0 Å². The lowest BCUT2D eigenvalue weighted by atomic mass is 9.84. The molecule has 0 spiro atoms. The highest BCUT2D eigenvalue weighted by Gasteiger charge is 2.18. The van der Waals surface area contributed by atoms with Gasteiger partial charge in [0.15, 0.2) is 0 Å². The van der Waals surface area contributed by atoms with Crippen molar-refractivity contribution in [3.8, 4) is 0 Å². The summed E-state index contributed by atoms with van der Waals surface area (Å²) in [5.74, 6) is 0. The summed E-state index contributed by atoms with van der Waals surface area (Å²) in [4.78, 5) is 0. The Kier molecular flexibility index (Phi) is 3.27. The molecule has 0 unspecified atom stereocenters. The van der Waals surface area contributed by atoms with Gasteiger partial charge in [0.1, 0.15) is 0 Å². The van der Waals surface area contributed by atoms with Crippen LogP contribution in [-0.2, 0) is 12.8 Å². The number of rotatable bonds is 2. The Labute approximate surface area is 126 Å². The minimum absolute atomic E-state index is 1.14. The Hall–Kier alpha value is -2.02. The molecule has 0 aliphatic heterocycles. The summed E-state index contributed by atoms with van der Waals surface area (Å²) in [5, 5.41) is 3.65. The first-order valence-corrected chi connectivity index (χ1v) is 8.07. The highest BCUT2D eigenvalue weighted by atomic mass is 14.9. The predicted molar refractivity (Wildman–Crippen MR) is 91.2 cm³/mol. The highest BCUT2D eigenvalue weighted by Crippen LogP contribution is 2.36. The van der Waals surface area contributed by atoms with Gasteiger partial charge in [-0.15, -0.1) is 0 Å². The van der Waals surface area contributed by atoms with Gasteiger partial charge in [0.25, 0.3) is 0 Å². The van der Waals surface area contributed by atoms with Crippen LogP contribution in [0.15, 0.2) is 42.1 Å². The summed E-state index contributed by atoms with van der Waals surface area (Å²) in [6, 6.07) is 2.34. The van der Waals surface area contributed by atoms with Crippen LogP contribution in [0.25, 0.3) is 12.2 Å². The third kappa shape index (κ3) is 2.37. The monoisotopic (exact) mass is 275 g/mol. The van der Waals surface area contributed by atoms with Crippen molar-refractivity contribution >= 4 is 17.8 Å². The molecule has 0 fully saturated rings. The van der Waals surface area contributed by atoms with Crippen molar-refractivity contribution in [3.05, 3.63) is 64.4 Å². The van der Waals surface area contributed by atoms with Crippen LogP contribution in [-0.4, -0.2) is 0 Å². The fourth-order valence-electron chi connectivity index (χ4n) is 3.57. The molecule has 3 aliphatic carbocycles. The van der Waals surface area contributed by atoms with Crippen molar-refractivity contribution in [1.29, 1.82) is 0 Å². The fraction of sp³-hybridized carbons (Fsp3) is 0.300. The number of fused-ring (bicyclic) bond motifs is 3. The summed E-state index contributed by atoms with van der Waals surface area (Å²) in [7, 11) is 0. The van der Waals surface area contributed by atoms with E-state index in [9.17, 15) is 0 Å². The van der Waals surface area contributed by atoms with Crippen molar-refractivity contribution in [2.24, 2.45) is 0 Å². The van der Waals surface area contributed by atoms with E-state index in [1.54, 1.807) is 11.1 Å². The third-order valence-corrected chi connectivity index (χ3v) is 4.61. The minimum Gasteiger partial charge on any atom is -0.355 e. The smallest absolute Gasteiger partial charge is 0.0466 e. The Morgan fingerprint density at radius 3 is 2.43 bits per heavy atom. The zero-order valence-electron chi connectivity index (χ0n) is 12.4. The molecule has 0 radical (unpaired) electrons. The van der Waals surface area contributed by atoms with Crippen LogP contribution in [0.5, 0.6) is 0 Å². The zero-order valence-corrected chi connectivity index (χ0v) is 12.4. The fourth-order valence-corrected chi connectivity index (χ4v) is 3.57. The van der Waals surface area contributed by atoms with Crippen molar-refractivity contribution < 1.29 is 0 Å². The van der Waals surface area contributed by atoms with E-state index < -0.39 is 0 Å². The molecule has 1 aromatic carbocycles. The molecule has 1 N–H and O–H groups in total. The largest absolute Gasteiger partial charge is 0.355 e. The predicted octanol–water partition coefficient (Wildman–Crippen LogP) is 5.25. The van der Waals surface area contributed by atoms with Crippen molar-refractivity contribution in [1.82, 2.24) is 0 Å². The van der Waals surface area contributed by atoms with E-state index in [2.05, 4.69) is 53.9 Å². The van der Waals surface area contributed by atoms with Crippen molar-refractivity contribution in [3.63, 3.8) is 0 Å². The topological polar surface area (TPSA) is 12.0 Å². The van der Waals surface area contributed by atoms with Gasteiger partial charge in [-0.1, -0.05) is 36.5 Å². The van der Waals surface area contributed by atoms with Gasteiger partial charge in [-0.05, 0) is 67.4 Å². The van der Waals surface area contributed by atoms with E-state index in [-0.39, 0.29) is 0 Å². The lowest BCUT2D eigenvalue weighted by Gasteiger charge is -2.24. The Bertz CT molecular complexity index is 686. The molecule has 0 aromatic heterocycles. The second kappa shape index (κ2) is 5.40. The van der Waals surface area contributed by atoms with E-state index in [4.69, 9.17) is 0 Å². The average Bonchev–Trinajstić information content (AvgIpc) is 2.56. The first-order valence-electron chi connectivity index (χ1n) is 8.07. The second-order valence-electron chi connectivity index (χ2n) is 6.03. The second-order valence-corrected chi connectivity index (χ2v) is 6.03. The van der Waals surface area contributed by atoms with Crippen LogP contribution in [0.2, 0.25) is 0 Å². The van der Waals surface area contributed by atoms with Crippen LogP contribution >= 0.6 is 0 Å². The molecular formula is C20H21N. The minimum atomic E-state index is 1.14. The van der Waals surface area contributed by atoms with E-state index >= 15 is 0 Å². The molecular weight excluding hydrogens is 254 g/mol. The molecule has 1 heteroatoms. The molecule has 21 heavy (non-hydrogen) atoms. The molecule has 0 saturated heterocycles. The average molecular weight is 275 g/mol. The number of allylic oxidation sites excluding steroid dienone is 5. The van der Waals surface area contributed by atoms with Crippen molar-refractivity contribution in [2.45, 2.75) is 38.5 Å². The van der Waals surface area contributed by atoms with E-state index in [0.717, 1.165) is 12.8 Å². The van der Waals surface area contributed by atoms with E-state index in [1.165, 1.54) is 48.2 Å². The molecule has 106 valence electrons. The molecule has 0 atom stereocenters. The molecule has 0 saturated carbocycles. The van der Waals surface area contributed by atoms with Gasteiger partial charge in [-0.3, -0.25) is 0 Å². The molecule has 1 aromatic rings. The lowest BCUT2D eigenvalue weighted by molar-refractivity contribution is 0.906. The van der Waals surface area contributed by atoms with Gasteiger partial charge >= 0.3 is 0 Å². The van der Waals surface area contributed by atoms with Crippen LogP contribution in [0, 0.1) is 0 Å². The summed E-state index contributed by atoms with van der Waals surface area (Å²) in [6.07, 6.45) is 23.0. The van der Waals surface area contributed by atoms with Crippen molar-refractivity contribution in [2.75, 3.05) is 5.32 Å². The summed E-state index contributed by atoms with van der Waals surface area (Å²) >= 11 is 0. The Balaban J connectivity index is 1.80. The number of anilines is 1. The van der Waals surface area contributed by atoms with Gasteiger partial charge < -0.3 is 5.32 Å². The maximum atomic E-state index is 3.65. The Morgan fingerprint density at radius 2 is 1.57 bits per heavy atom. The summed E-state index contributed by atoms with van der Waals surface area (Å²) in [6.45, 7) is 0. The zero-order chi connectivity index (χ0) is 14.1. The summed E-state index contributed by atoms with van der Waals surface area (Å²) in [5.41, 5.74) is 8.48. The number of nitrogens with one attached hydrogen (secondary N) is 1. The highest BCUT2D eigenvalue weighted by molar-refractivity contribution is 5.79. The first kappa shape index (κ1) is 12.7. The SMILES string of the molecule is C1=CC(Nc2cc3c(c4c2C=CCC4)CCC=C3)=CCC1. The van der Waals surface area contributed by atoms with Crippen LogP contribution in [0.3, 0.4) is 0 Å². The quantitative estimate of drug-likeness (QED) is 0.777. The van der Waals surface area contributed by atoms with E-state index in [1.807, 2.05) is 0 Å². The van der Waals surface area contributed by atoms with E-state index in [0.29, 0.717) is 0 Å². The molecule has 0 bridgehead atoms. The standard InChI is InChI=1S/C20H21N/c1-2-9-16(10-3-1)21-20-14-15-8-4-5-11-17(15)18-12-6-7-13-19(18)20/h2,4,7-10,13-14,21H,1,3,5-6,11-12H2. The van der Waals surface area contributed by atoms with Gasteiger partial charge in [0.05, 0.1) is 0 Å². The first-order chi connectivity index (χ1) is 10.4.